The smallest absolute Gasteiger partial charge is 0.315 e. The molecule has 2 aromatic rings. The van der Waals surface area contributed by atoms with Crippen molar-refractivity contribution < 1.29 is 14.0 Å². The molecule has 2 rings (SSSR count). The van der Waals surface area contributed by atoms with Gasteiger partial charge in [0.2, 0.25) is 0 Å². The third kappa shape index (κ3) is 5.94. The van der Waals surface area contributed by atoms with E-state index in [-0.39, 0.29) is 13.1 Å². The summed E-state index contributed by atoms with van der Waals surface area (Å²) < 4.78 is 5.06. The number of hydrogen-bond donors (Lipinski definition) is 3. The molecule has 24 heavy (non-hydrogen) atoms. The fourth-order valence-electron chi connectivity index (χ4n) is 1.61. The lowest BCUT2D eigenvalue weighted by molar-refractivity contribution is -0.120. The average Bonchev–Trinajstić information content (AvgIpc) is 3.08. The van der Waals surface area contributed by atoms with E-state index >= 15 is 0 Å². The van der Waals surface area contributed by atoms with Gasteiger partial charge in [0.1, 0.15) is 12.3 Å². The van der Waals surface area contributed by atoms with Gasteiger partial charge in [0.05, 0.1) is 29.1 Å². The van der Waals surface area contributed by atoms with Gasteiger partial charge >= 0.3 is 6.03 Å². The van der Waals surface area contributed by atoms with Crippen molar-refractivity contribution in [1.29, 1.82) is 0 Å². The maximum absolute atomic E-state index is 11.6. The number of benzene rings is 1. The Morgan fingerprint density at radius 2 is 2.00 bits per heavy atom. The average molecular weight is 369 g/mol. The van der Waals surface area contributed by atoms with Crippen LogP contribution in [-0.2, 0) is 11.3 Å². The van der Waals surface area contributed by atoms with Crippen LogP contribution in [0.3, 0.4) is 0 Å². The maximum atomic E-state index is 11.6. The molecule has 0 radical (unpaired) electrons. The number of nitrogens with one attached hydrogen (secondary N) is 3. The van der Waals surface area contributed by atoms with E-state index in [0.29, 0.717) is 21.4 Å². The van der Waals surface area contributed by atoms with E-state index in [1.54, 1.807) is 30.3 Å². The molecule has 0 spiro atoms. The van der Waals surface area contributed by atoms with Crippen molar-refractivity contribution in [1.82, 2.24) is 16.1 Å². The molecule has 0 aliphatic heterocycles. The third-order valence-electron chi connectivity index (χ3n) is 2.76. The second-order valence-corrected chi connectivity index (χ2v) is 5.40. The highest BCUT2D eigenvalue weighted by Gasteiger charge is 2.05. The van der Waals surface area contributed by atoms with Crippen molar-refractivity contribution in [2.24, 2.45) is 5.10 Å². The molecule has 0 saturated heterocycles. The molecule has 3 amide bonds. The van der Waals surface area contributed by atoms with Crippen molar-refractivity contribution in [3.63, 3.8) is 0 Å². The van der Waals surface area contributed by atoms with Crippen LogP contribution in [0, 0.1) is 0 Å². The number of rotatable bonds is 6. The second kappa shape index (κ2) is 8.95. The molecule has 0 fully saturated rings. The summed E-state index contributed by atoms with van der Waals surface area (Å²) in [6.45, 7) is 0.0125. The van der Waals surface area contributed by atoms with Gasteiger partial charge in [-0.05, 0) is 29.8 Å². The molecule has 0 bridgehead atoms. The Balaban J connectivity index is 1.68. The largest absolute Gasteiger partial charge is 0.467 e. The highest BCUT2D eigenvalue weighted by Crippen LogP contribution is 2.21. The van der Waals surface area contributed by atoms with Gasteiger partial charge in [0, 0.05) is 0 Å². The molecule has 0 aliphatic carbocycles. The van der Waals surface area contributed by atoms with Gasteiger partial charge in [-0.3, -0.25) is 4.79 Å². The Bertz CT molecular complexity index is 732. The summed E-state index contributed by atoms with van der Waals surface area (Å²) in [4.78, 5) is 23.1. The molecular weight excluding hydrogens is 355 g/mol. The highest BCUT2D eigenvalue weighted by atomic mass is 35.5. The predicted molar refractivity (Wildman–Crippen MR) is 91.1 cm³/mol. The zero-order valence-corrected chi connectivity index (χ0v) is 13.9. The van der Waals surface area contributed by atoms with Crippen LogP contribution in [0.4, 0.5) is 4.79 Å². The zero-order valence-electron chi connectivity index (χ0n) is 12.4. The van der Waals surface area contributed by atoms with Crippen molar-refractivity contribution in [2.45, 2.75) is 6.54 Å². The summed E-state index contributed by atoms with van der Waals surface area (Å²) in [5, 5.41) is 9.53. The van der Waals surface area contributed by atoms with Gasteiger partial charge in [0.15, 0.2) is 0 Å². The lowest BCUT2D eigenvalue weighted by Crippen LogP contribution is -2.40. The Morgan fingerprint density at radius 1 is 1.17 bits per heavy atom. The SMILES string of the molecule is O=C(CNC(=O)NCc1ccco1)N/N=C/c1ccc(Cl)c(Cl)c1. The molecule has 9 heteroatoms. The Morgan fingerprint density at radius 3 is 2.71 bits per heavy atom. The van der Waals surface area contributed by atoms with E-state index in [1.807, 2.05) is 0 Å². The summed E-state index contributed by atoms with van der Waals surface area (Å²) >= 11 is 11.7. The number of hydrazone groups is 1. The van der Waals surface area contributed by atoms with E-state index in [4.69, 9.17) is 27.6 Å². The topological polar surface area (TPSA) is 95.7 Å². The van der Waals surface area contributed by atoms with Gasteiger partial charge in [-0.25, -0.2) is 10.2 Å². The van der Waals surface area contributed by atoms with Crippen molar-refractivity contribution >= 4 is 41.4 Å². The van der Waals surface area contributed by atoms with E-state index < -0.39 is 11.9 Å². The monoisotopic (exact) mass is 368 g/mol. The van der Waals surface area contributed by atoms with Crippen LogP contribution >= 0.6 is 23.2 Å². The number of hydrogen-bond acceptors (Lipinski definition) is 4. The van der Waals surface area contributed by atoms with Crippen molar-refractivity contribution in [2.75, 3.05) is 6.54 Å². The van der Waals surface area contributed by atoms with Crippen LogP contribution in [0.2, 0.25) is 10.0 Å². The van der Waals surface area contributed by atoms with E-state index in [9.17, 15) is 9.59 Å². The lowest BCUT2D eigenvalue weighted by atomic mass is 10.2. The standard InChI is InChI=1S/C15H14Cl2N4O3/c16-12-4-3-10(6-13(12)17)7-20-21-14(22)9-19-15(23)18-8-11-2-1-5-24-11/h1-7H,8-9H2,(H,21,22)(H2,18,19,23)/b20-7+. The normalized spacial score (nSPS) is 10.6. The Kier molecular flexibility index (Phi) is 6.65. The zero-order chi connectivity index (χ0) is 17.4. The van der Waals surface area contributed by atoms with Gasteiger partial charge in [-0.2, -0.15) is 5.10 Å². The molecule has 7 nitrogen and oxygen atoms in total. The molecule has 1 heterocycles. The Labute approximate surface area is 148 Å². The number of urea groups is 1. The first-order valence-electron chi connectivity index (χ1n) is 6.85. The van der Waals surface area contributed by atoms with E-state index in [2.05, 4.69) is 21.2 Å². The molecule has 0 unspecified atom stereocenters. The first-order valence-corrected chi connectivity index (χ1v) is 7.61. The first kappa shape index (κ1) is 17.8. The summed E-state index contributed by atoms with van der Waals surface area (Å²) in [7, 11) is 0. The first-order chi connectivity index (χ1) is 11.5. The maximum Gasteiger partial charge on any atom is 0.315 e. The molecule has 1 aromatic carbocycles. The summed E-state index contributed by atoms with van der Waals surface area (Å²) in [5.41, 5.74) is 2.96. The van der Waals surface area contributed by atoms with Crippen LogP contribution in [0.1, 0.15) is 11.3 Å². The summed E-state index contributed by atoms with van der Waals surface area (Å²) in [6, 6.07) is 7.89. The molecule has 0 atom stereocenters. The number of halogens is 2. The fraction of sp³-hybridized carbons (Fsp3) is 0.133. The second-order valence-electron chi connectivity index (χ2n) is 4.58. The minimum absolute atomic E-state index is 0.220. The number of furan rings is 1. The lowest BCUT2D eigenvalue weighted by Gasteiger charge is -2.05. The number of amides is 3. The van der Waals surface area contributed by atoms with Crippen LogP contribution in [0.15, 0.2) is 46.1 Å². The highest BCUT2D eigenvalue weighted by molar-refractivity contribution is 6.42. The molecule has 3 N–H and O–H groups in total. The Hall–Kier alpha value is -2.51. The molecular formula is C15H14Cl2N4O3. The minimum atomic E-state index is -0.491. The molecule has 0 aliphatic rings. The van der Waals surface area contributed by atoms with E-state index in [0.717, 1.165) is 0 Å². The quantitative estimate of drug-likeness (QED) is 0.539. The minimum Gasteiger partial charge on any atom is -0.467 e. The third-order valence-corrected chi connectivity index (χ3v) is 3.50. The fourth-order valence-corrected chi connectivity index (χ4v) is 1.92. The van der Waals surface area contributed by atoms with Crippen molar-refractivity contribution in [3.05, 3.63) is 58.0 Å². The van der Waals surface area contributed by atoms with Crippen LogP contribution in [0.5, 0.6) is 0 Å². The predicted octanol–water partition coefficient (Wildman–Crippen LogP) is 2.54. The summed E-state index contributed by atoms with van der Waals surface area (Å²) in [6.07, 6.45) is 2.92. The van der Waals surface area contributed by atoms with Crippen LogP contribution in [-0.4, -0.2) is 24.7 Å². The van der Waals surface area contributed by atoms with Crippen LogP contribution in [0.25, 0.3) is 0 Å². The van der Waals surface area contributed by atoms with Crippen LogP contribution < -0.4 is 16.1 Å². The number of carbonyl (C=O) groups excluding carboxylic acids is 2. The summed E-state index contributed by atoms with van der Waals surface area (Å²) in [5.74, 6) is 0.139. The molecule has 0 saturated carbocycles. The van der Waals surface area contributed by atoms with Gasteiger partial charge < -0.3 is 15.1 Å². The van der Waals surface area contributed by atoms with Gasteiger partial charge in [0.25, 0.3) is 5.91 Å². The molecule has 1 aromatic heterocycles. The van der Waals surface area contributed by atoms with Gasteiger partial charge in [-0.15, -0.1) is 0 Å². The molecule has 126 valence electrons. The van der Waals surface area contributed by atoms with Gasteiger partial charge in [-0.1, -0.05) is 29.3 Å². The number of carbonyl (C=O) groups is 2. The van der Waals surface area contributed by atoms with Crippen molar-refractivity contribution in [3.8, 4) is 0 Å². The number of nitrogens with zero attached hydrogens (tertiary/aromatic N) is 1. The van der Waals surface area contributed by atoms with E-state index in [1.165, 1.54) is 12.5 Å².